The van der Waals surface area contributed by atoms with Crippen LogP contribution >= 0.6 is 0 Å². The van der Waals surface area contributed by atoms with Gasteiger partial charge in [0.05, 0.1) is 0 Å². The number of rotatable bonds is 0. The Balaban J connectivity index is 2.10. The summed E-state index contributed by atoms with van der Waals surface area (Å²) in [6, 6.07) is 6.56. The van der Waals surface area contributed by atoms with E-state index in [1.54, 1.807) is 0 Å². The van der Waals surface area contributed by atoms with E-state index in [1.165, 1.54) is 16.8 Å². The first-order valence-corrected chi connectivity index (χ1v) is 7.28. The zero-order chi connectivity index (χ0) is 11.3. The summed E-state index contributed by atoms with van der Waals surface area (Å²) in [6.45, 7) is 4.31. The molecule has 16 heavy (non-hydrogen) atoms. The van der Waals surface area contributed by atoms with Gasteiger partial charge in [0, 0.05) is 33.5 Å². The van der Waals surface area contributed by atoms with Crippen molar-refractivity contribution in [3.05, 3.63) is 29.3 Å². The van der Waals surface area contributed by atoms with Crippen molar-refractivity contribution in [2.45, 2.75) is 31.7 Å². The third-order valence-electron chi connectivity index (χ3n) is 3.65. The first-order chi connectivity index (χ1) is 7.56. The van der Waals surface area contributed by atoms with E-state index in [-0.39, 0.29) is 5.54 Å². The summed E-state index contributed by atoms with van der Waals surface area (Å²) in [5, 5.41) is 3.57. The molecule has 0 spiro atoms. The Bertz CT molecular complexity index is 471. The molecule has 1 aromatic carbocycles. The van der Waals surface area contributed by atoms with Crippen LogP contribution in [0.25, 0.3) is 0 Å². The molecular formula is C13H17NOS. The number of aryl methyl sites for hydroxylation is 1. The van der Waals surface area contributed by atoms with Gasteiger partial charge in [-0.15, -0.1) is 0 Å². The largest absolute Gasteiger partial charge is 0.379 e. The Hall–Kier alpha value is -0.830. The highest BCUT2D eigenvalue weighted by Crippen LogP contribution is 2.43. The van der Waals surface area contributed by atoms with E-state index in [0.29, 0.717) is 5.92 Å². The molecule has 0 saturated carbocycles. The minimum atomic E-state index is -0.665. The average molecular weight is 235 g/mol. The van der Waals surface area contributed by atoms with Gasteiger partial charge >= 0.3 is 0 Å². The topological polar surface area (TPSA) is 29.1 Å². The van der Waals surface area contributed by atoms with E-state index < -0.39 is 10.8 Å². The molecule has 3 atom stereocenters. The molecule has 2 nitrogen and oxygen atoms in total. The van der Waals surface area contributed by atoms with Gasteiger partial charge in [0.25, 0.3) is 0 Å². The summed E-state index contributed by atoms with van der Waals surface area (Å²) >= 11 is 0. The molecule has 3 heteroatoms. The monoisotopic (exact) mass is 235 g/mol. The number of nitrogens with one attached hydrogen (secondary N) is 1. The van der Waals surface area contributed by atoms with Crippen LogP contribution in [0, 0.1) is 6.92 Å². The van der Waals surface area contributed by atoms with E-state index in [4.69, 9.17) is 0 Å². The van der Waals surface area contributed by atoms with Crippen LogP contribution in [0.3, 0.4) is 0 Å². The molecular weight excluding hydrogens is 218 g/mol. The normalized spacial score (nSPS) is 36.4. The highest BCUT2D eigenvalue weighted by atomic mass is 32.2. The molecule has 1 N–H and O–H groups in total. The van der Waals surface area contributed by atoms with Crippen LogP contribution < -0.4 is 5.32 Å². The Kier molecular flexibility index (Phi) is 2.15. The van der Waals surface area contributed by atoms with Gasteiger partial charge in [-0.25, -0.2) is 0 Å². The standard InChI is InChI=1S/C13H17NOS/c1-9-3-4-12-11(5-9)10-6-13(2,14-12)8-16(15)7-10/h3-5,10,14H,6-8H2,1-2H3/t10-,13+,16?/m1/s1. The van der Waals surface area contributed by atoms with Gasteiger partial charge < -0.3 is 5.32 Å². The molecule has 0 radical (unpaired) electrons. The lowest BCUT2D eigenvalue weighted by Crippen LogP contribution is -2.49. The molecule has 0 aliphatic carbocycles. The van der Waals surface area contributed by atoms with Crippen molar-refractivity contribution in [2.24, 2.45) is 0 Å². The summed E-state index contributed by atoms with van der Waals surface area (Å²) < 4.78 is 11.8. The fourth-order valence-corrected chi connectivity index (χ4v) is 4.81. The van der Waals surface area contributed by atoms with E-state index >= 15 is 0 Å². The van der Waals surface area contributed by atoms with Crippen LogP contribution in [0.5, 0.6) is 0 Å². The molecule has 86 valence electrons. The predicted molar refractivity (Wildman–Crippen MR) is 68.4 cm³/mol. The fraction of sp³-hybridized carbons (Fsp3) is 0.538. The summed E-state index contributed by atoms with van der Waals surface area (Å²) in [6.07, 6.45) is 1.12. The van der Waals surface area contributed by atoms with Crippen molar-refractivity contribution in [2.75, 3.05) is 16.8 Å². The lowest BCUT2D eigenvalue weighted by Gasteiger charge is -2.44. The van der Waals surface area contributed by atoms with E-state index in [2.05, 4.69) is 37.4 Å². The van der Waals surface area contributed by atoms with Crippen LogP contribution in [0.1, 0.15) is 30.4 Å². The maximum Gasteiger partial charge on any atom is 0.0466 e. The van der Waals surface area contributed by atoms with Crippen molar-refractivity contribution in [1.29, 1.82) is 0 Å². The van der Waals surface area contributed by atoms with Crippen molar-refractivity contribution in [3.63, 3.8) is 0 Å². The first-order valence-electron chi connectivity index (χ1n) is 5.79. The van der Waals surface area contributed by atoms with Crippen molar-refractivity contribution in [3.8, 4) is 0 Å². The van der Waals surface area contributed by atoms with Gasteiger partial charge in [-0.1, -0.05) is 17.7 Å². The fourth-order valence-electron chi connectivity index (χ4n) is 3.05. The SMILES string of the molecule is Cc1ccc2c(c1)[C@H]1CS(=O)C[C@](C)(C1)N2. The average Bonchev–Trinajstić information content (AvgIpc) is 2.17. The first kappa shape index (κ1) is 10.3. The Labute approximate surface area is 98.9 Å². The number of hydrogen-bond donors (Lipinski definition) is 1. The third-order valence-corrected chi connectivity index (χ3v) is 5.38. The van der Waals surface area contributed by atoms with Crippen molar-refractivity contribution in [1.82, 2.24) is 0 Å². The Morgan fingerprint density at radius 1 is 1.50 bits per heavy atom. The maximum atomic E-state index is 11.8. The van der Waals surface area contributed by atoms with Gasteiger partial charge in [0.1, 0.15) is 0 Å². The van der Waals surface area contributed by atoms with Gasteiger partial charge in [0.15, 0.2) is 0 Å². The zero-order valence-corrected chi connectivity index (χ0v) is 10.6. The zero-order valence-electron chi connectivity index (χ0n) is 9.75. The molecule has 2 bridgehead atoms. The van der Waals surface area contributed by atoms with Crippen LogP contribution in [-0.4, -0.2) is 21.3 Å². The molecule has 2 aliphatic rings. The van der Waals surface area contributed by atoms with Crippen LogP contribution in [0.15, 0.2) is 18.2 Å². The Morgan fingerprint density at radius 2 is 2.31 bits per heavy atom. The molecule has 0 amide bonds. The third kappa shape index (κ3) is 1.58. The summed E-state index contributed by atoms with van der Waals surface area (Å²) in [5.41, 5.74) is 3.95. The molecule has 0 aromatic heterocycles. The van der Waals surface area contributed by atoms with Crippen LogP contribution in [-0.2, 0) is 10.8 Å². The maximum absolute atomic E-state index is 11.8. The molecule has 2 aliphatic heterocycles. The molecule has 1 fully saturated rings. The number of fused-ring (bicyclic) bond motifs is 4. The summed E-state index contributed by atoms with van der Waals surface area (Å²) in [5.74, 6) is 2.11. The number of benzene rings is 1. The lowest BCUT2D eigenvalue weighted by atomic mass is 9.81. The van der Waals surface area contributed by atoms with Crippen molar-refractivity contribution < 1.29 is 4.21 Å². The van der Waals surface area contributed by atoms with Gasteiger partial charge in [-0.2, -0.15) is 0 Å². The highest BCUT2D eigenvalue weighted by Gasteiger charge is 2.41. The highest BCUT2D eigenvalue weighted by molar-refractivity contribution is 7.85. The van der Waals surface area contributed by atoms with Gasteiger partial charge in [0.2, 0.25) is 0 Å². The molecule has 3 rings (SSSR count). The Morgan fingerprint density at radius 3 is 3.12 bits per heavy atom. The number of hydrogen-bond acceptors (Lipinski definition) is 2. The molecule has 1 saturated heterocycles. The van der Waals surface area contributed by atoms with Gasteiger partial charge in [-0.3, -0.25) is 4.21 Å². The lowest BCUT2D eigenvalue weighted by molar-refractivity contribution is 0.441. The second-order valence-electron chi connectivity index (χ2n) is 5.43. The summed E-state index contributed by atoms with van der Waals surface area (Å²) in [4.78, 5) is 0. The van der Waals surface area contributed by atoms with E-state index in [0.717, 1.165) is 17.9 Å². The van der Waals surface area contributed by atoms with E-state index in [9.17, 15) is 4.21 Å². The van der Waals surface area contributed by atoms with Crippen molar-refractivity contribution >= 4 is 16.5 Å². The van der Waals surface area contributed by atoms with Crippen LogP contribution in [0.4, 0.5) is 5.69 Å². The molecule has 1 unspecified atom stereocenters. The second kappa shape index (κ2) is 3.33. The van der Waals surface area contributed by atoms with E-state index in [1.807, 2.05) is 0 Å². The molecule has 2 heterocycles. The van der Waals surface area contributed by atoms with Gasteiger partial charge in [-0.05, 0) is 37.8 Å². The molecule has 1 aromatic rings. The minimum Gasteiger partial charge on any atom is -0.379 e. The minimum absolute atomic E-state index is 0.0377. The van der Waals surface area contributed by atoms with Crippen LogP contribution in [0.2, 0.25) is 0 Å². The predicted octanol–water partition coefficient (Wildman–Crippen LogP) is 2.42. The second-order valence-corrected chi connectivity index (χ2v) is 6.93. The number of anilines is 1. The smallest absolute Gasteiger partial charge is 0.0466 e. The quantitative estimate of drug-likeness (QED) is 0.748. The summed E-state index contributed by atoms with van der Waals surface area (Å²) in [7, 11) is -0.665.